The summed E-state index contributed by atoms with van der Waals surface area (Å²) in [4.78, 5) is 14.4. The molecular formula is C12H18BrN3O2. The Labute approximate surface area is 115 Å². The predicted octanol–water partition coefficient (Wildman–Crippen LogP) is 1.91. The van der Waals surface area contributed by atoms with E-state index in [1.54, 1.807) is 10.9 Å². The first-order valence-corrected chi connectivity index (χ1v) is 6.98. The summed E-state index contributed by atoms with van der Waals surface area (Å²) >= 11 is 3.39. The highest BCUT2D eigenvalue weighted by Crippen LogP contribution is 2.20. The number of rotatable bonds is 2. The summed E-state index contributed by atoms with van der Waals surface area (Å²) in [5.41, 5.74) is 0.624. The van der Waals surface area contributed by atoms with Gasteiger partial charge in [0.1, 0.15) is 5.69 Å². The van der Waals surface area contributed by atoms with Gasteiger partial charge in [-0.3, -0.25) is 9.48 Å². The Bertz CT molecular complexity index is 437. The average Bonchev–Trinajstić information content (AvgIpc) is 2.68. The molecule has 1 aliphatic heterocycles. The first-order chi connectivity index (χ1) is 8.52. The maximum absolute atomic E-state index is 12.5. The number of ether oxygens (including phenoxy) is 1. The van der Waals surface area contributed by atoms with Crippen molar-refractivity contribution in [3.63, 3.8) is 0 Å². The zero-order valence-electron chi connectivity index (χ0n) is 10.9. The van der Waals surface area contributed by atoms with Crippen LogP contribution in [0.4, 0.5) is 0 Å². The van der Waals surface area contributed by atoms with Gasteiger partial charge in [0, 0.05) is 19.6 Å². The lowest BCUT2D eigenvalue weighted by Crippen LogP contribution is -2.48. The maximum atomic E-state index is 12.5. The van der Waals surface area contributed by atoms with Crippen LogP contribution >= 0.6 is 15.9 Å². The number of carbonyl (C=O) groups excluding carboxylic acids is 1. The van der Waals surface area contributed by atoms with Crippen molar-refractivity contribution in [3.8, 4) is 0 Å². The fraction of sp³-hybridized carbons (Fsp3) is 0.667. The van der Waals surface area contributed by atoms with Gasteiger partial charge in [0.15, 0.2) is 0 Å². The topological polar surface area (TPSA) is 47.4 Å². The Morgan fingerprint density at radius 1 is 1.50 bits per heavy atom. The first-order valence-electron chi connectivity index (χ1n) is 6.19. The fourth-order valence-electron chi connectivity index (χ4n) is 2.31. The molecule has 1 aromatic heterocycles. The molecule has 0 N–H and O–H groups in total. The van der Waals surface area contributed by atoms with Crippen LogP contribution in [0.5, 0.6) is 0 Å². The highest BCUT2D eigenvalue weighted by atomic mass is 79.9. The molecule has 2 atom stereocenters. The van der Waals surface area contributed by atoms with Crippen molar-refractivity contribution in [1.82, 2.24) is 14.7 Å². The number of carbonyl (C=O) groups is 1. The summed E-state index contributed by atoms with van der Waals surface area (Å²) in [6.45, 7) is 7.89. The fourth-order valence-corrected chi connectivity index (χ4v) is 2.77. The van der Waals surface area contributed by atoms with Crippen LogP contribution in [0.25, 0.3) is 0 Å². The molecule has 100 valence electrons. The lowest BCUT2D eigenvalue weighted by Gasteiger charge is -2.35. The number of hydrogen-bond acceptors (Lipinski definition) is 3. The monoisotopic (exact) mass is 315 g/mol. The molecule has 1 fully saturated rings. The van der Waals surface area contributed by atoms with E-state index in [0.29, 0.717) is 25.3 Å². The molecule has 2 heterocycles. The first kappa shape index (κ1) is 13.5. The third kappa shape index (κ3) is 2.59. The summed E-state index contributed by atoms with van der Waals surface area (Å²) in [5.74, 6) is 0.0169. The SMILES string of the molecule is CCn1ncc(Br)c1C(=O)N1C[C@@H](C)O[C@@H](C)C1. The van der Waals surface area contributed by atoms with Crippen LogP contribution in [0, 0.1) is 0 Å². The molecule has 0 aliphatic carbocycles. The third-order valence-electron chi connectivity index (χ3n) is 3.00. The van der Waals surface area contributed by atoms with E-state index in [2.05, 4.69) is 21.0 Å². The normalized spacial score (nSPS) is 24.3. The molecule has 0 saturated carbocycles. The Morgan fingerprint density at radius 3 is 2.67 bits per heavy atom. The standard InChI is InChI=1S/C12H18BrN3O2/c1-4-16-11(10(13)5-14-16)12(17)15-6-8(2)18-9(3)7-15/h5,8-9H,4,6-7H2,1-3H3/t8-,9+. The van der Waals surface area contributed by atoms with Gasteiger partial charge in [0.05, 0.1) is 22.9 Å². The molecule has 0 aromatic carbocycles. The van der Waals surface area contributed by atoms with Crippen molar-refractivity contribution in [2.75, 3.05) is 13.1 Å². The van der Waals surface area contributed by atoms with Crippen LogP contribution in [0.3, 0.4) is 0 Å². The lowest BCUT2D eigenvalue weighted by molar-refractivity contribution is -0.0588. The van der Waals surface area contributed by atoms with Gasteiger partial charge in [-0.25, -0.2) is 0 Å². The molecule has 2 rings (SSSR count). The number of aromatic nitrogens is 2. The zero-order chi connectivity index (χ0) is 13.3. The average molecular weight is 316 g/mol. The minimum absolute atomic E-state index is 0.0169. The van der Waals surface area contributed by atoms with Gasteiger partial charge in [0.2, 0.25) is 0 Å². The number of nitrogens with zero attached hydrogens (tertiary/aromatic N) is 3. The molecule has 0 radical (unpaired) electrons. The molecule has 5 nitrogen and oxygen atoms in total. The van der Waals surface area contributed by atoms with Crippen LogP contribution in [0.15, 0.2) is 10.7 Å². The van der Waals surface area contributed by atoms with Crippen LogP contribution in [-0.4, -0.2) is 45.9 Å². The molecule has 1 saturated heterocycles. The molecular weight excluding hydrogens is 298 g/mol. The van der Waals surface area contributed by atoms with Crippen LogP contribution < -0.4 is 0 Å². The highest BCUT2D eigenvalue weighted by molar-refractivity contribution is 9.10. The summed E-state index contributed by atoms with van der Waals surface area (Å²) in [6.07, 6.45) is 1.83. The lowest BCUT2D eigenvalue weighted by atomic mass is 10.2. The van der Waals surface area contributed by atoms with Crippen molar-refractivity contribution >= 4 is 21.8 Å². The smallest absolute Gasteiger partial charge is 0.273 e. The molecule has 0 bridgehead atoms. The Balaban J connectivity index is 2.22. The van der Waals surface area contributed by atoms with E-state index in [9.17, 15) is 4.79 Å². The Kier molecular flexibility index (Phi) is 4.07. The minimum atomic E-state index is 0.0169. The second-order valence-corrected chi connectivity index (χ2v) is 5.48. The van der Waals surface area contributed by atoms with E-state index in [-0.39, 0.29) is 18.1 Å². The third-order valence-corrected chi connectivity index (χ3v) is 3.58. The number of morpholine rings is 1. The maximum Gasteiger partial charge on any atom is 0.273 e. The molecule has 1 amide bonds. The molecule has 1 aromatic rings. The number of hydrogen-bond donors (Lipinski definition) is 0. The number of halogens is 1. The van der Waals surface area contributed by atoms with E-state index < -0.39 is 0 Å². The zero-order valence-corrected chi connectivity index (χ0v) is 12.5. The van der Waals surface area contributed by atoms with E-state index >= 15 is 0 Å². The second-order valence-electron chi connectivity index (χ2n) is 4.62. The molecule has 0 spiro atoms. The van der Waals surface area contributed by atoms with E-state index in [1.165, 1.54) is 0 Å². The quantitative estimate of drug-likeness (QED) is 0.837. The van der Waals surface area contributed by atoms with E-state index in [1.807, 2.05) is 25.7 Å². The van der Waals surface area contributed by atoms with Crippen molar-refractivity contribution < 1.29 is 9.53 Å². The van der Waals surface area contributed by atoms with Crippen molar-refractivity contribution in [2.24, 2.45) is 0 Å². The van der Waals surface area contributed by atoms with E-state index in [4.69, 9.17) is 4.74 Å². The van der Waals surface area contributed by atoms with Crippen molar-refractivity contribution in [1.29, 1.82) is 0 Å². The largest absolute Gasteiger partial charge is 0.372 e. The predicted molar refractivity (Wildman–Crippen MR) is 71.5 cm³/mol. The van der Waals surface area contributed by atoms with Crippen LogP contribution in [0.2, 0.25) is 0 Å². The summed E-state index contributed by atoms with van der Waals surface area (Å²) in [5, 5.41) is 4.18. The summed E-state index contributed by atoms with van der Waals surface area (Å²) in [6, 6.07) is 0. The van der Waals surface area contributed by atoms with Crippen LogP contribution in [0.1, 0.15) is 31.3 Å². The molecule has 6 heteroatoms. The minimum Gasteiger partial charge on any atom is -0.372 e. The molecule has 0 unspecified atom stereocenters. The van der Waals surface area contributed by atoms with Crippen LogP contribution in [-0.2, 0) is 11.3 Å². The Morgan fingerprint density at radius 2 is 2.11 bits per heavy atom. The highest BCUT2D eigenvalue weighted by Gasteiger charge is 2.29. The number of aryl methyl sites for hydroxylation is 1. The van der Waals surface area contributed by atoms with Crippen molar-refractivity contribution in [2.45, 2.75) is 39.5 Å². The van der Waals surface area contributed by atoms with Gasteiger partial charge in [-0.2, -0.15) is 5.10 Å². The van der Waals surface area contributed by atoms with Crippen molar-refractivity contribution in [3.05, 3.63) is 16.4 Å². The summed E-state index contributed by atoms with van der Waals surface area (Å²) < 4.78 is 8.11. The van der Waals surface area contributed by atoms with Gasteiger partial charge >= 0.3 is 0 Å². The molecule has 18 heavy (non-hydrogen) atoms. The van der Waals surface area contributed by atoms with Gasteiger partial charge in [-0.05, 0) is 36.7 Å². The van der Waals surface area contributed by atoms with Gasteiger partial charge in [-0.15, -0.1) is 0 Å². The van der Waals surface area contributed by atoms with Gasteiger partial charge in [-0.1, -0.05) is 0 Å². The molecule has 1 aliphatic rings. The van der Waals surface area contributed by atoms with Gasteiger partial charge in [0.25, 0.3) is 5.91 Å². The summed E-state index contributed by atoms with van der Waals surface area (Å²) in [7, 11) is 0. The number of amides is 1. The van der Waals surface area contributed by atoms with Gasteiger partial charge < -0.3 is 9.64 Å². The second kappa shape index (κ2) is 5.40. The Hall–Kier alpha value is -0.880. The van der Waals surface area contributed by atoms with E-state index in [0.717, 1.165) is 4.47 Å².